The Morgan fingerprint density at radius 2 is 2.08 bits per heavy atom. The van der Waals surface area contributed by atoms with Crippen LogP contribution in [0.5, 0.6) is 5.75 Å². The lowest BCUT2D eigenvalue weighted by molar-refractivity contribution is -0.125. The highest BCUT2D eigenvalue weighted by Crippen LogP contribution is 2.35. The van der Waals surface area contributed by atoms with E-state index in [-0.39, 0.29) is 24.3 Å². The smallest absolute Gasteiger partial charge is 0.246 e. The van der Waals surface area contributed by atoms with Crippen molar-refractivity contribution in [1.29, 1.82) is 0 Å². The Kier molecular flexibility index (Phi) is 6.87. The Bertz CT molecular complexity index is 1450. The fraction of sp³-hybridized carbons (Fsp3) is 0.250. The van der Waals surface area contributed by atoms with Crippen molar-refractivity contribution in [3.63, 3.8) is 0 Å². The van der Waals surface area contributed by atoms with Gasteiger partial charge in [-0.15, -0.1) is 0 Å². The van der Waals surface area contributed by atoms with Gasteiger partial charge < -0.3 is 20.7 Å². The summed E-state index contributed by atoms with van der Waals surface area (Å²) in [5, 5.41) is 9.22. The van der Waals surface area contributed by atoms with Crippen molar-refractivity contribution in [3.05, 3.63) is 84.3 Å². The van der Waals surface area contributed by atoms with Crippen molar-refractivity contribution >= 4 is 22.8 Å². The summed E-state index contributed by atoms with van der Waals surface area (Å²) in [5.41, 5.74) is 9.36. The van der Waals surface area contributed by atoms with Crippen molar-refractivity contribution in [2.45, 2.75) is 25.6 Å². The van der Waals surface area contributed by atoms with Gasteiger partial charge in [-0.1, -0.05) is 30.8 Å². The number of nitrogens with two attached hydrogens (primary N) is 1. The minimum absolute atomic E-state index is 0.0147. The second kappa shape index (κ2) is 10.4. The van der Waals surface area contributed by atoms with Crippen LogP contribution < -0.4 is 15.8 Å². The number of hydrogen-bond acceptors (Lipinski definition) is 6. The van der Waals surface area contributed by atoms with Gasteiger partial charge in [0.15, 0.2) is 11.5 Å². The molecule has 1 aliphatic heterocycles. The maximum absolute atomic E-state index is 14.7. The molecule has 1 fully saturated rings. The third-order valence-corrected chi connectivity index (χ3v) is 6.72. The van der Waals surface area contributed by atoms with Crippen LogP contribution in [0.25, 0.3) is 22.2 Å². The molecule has 190 valence electrons. The van der Waals surface area contributed by atoms with Crippen LogP contribution in [0, 0.1) is 5.82 Å². The molecule has 2 aromatic heterocycles. The molecule has 1 saturated heterocycles. The van der Waals surface area contributed by atoms with E-state index in [0.717, 1.165) is 28.7 Å². The van der Waals surface area contributed by atoms with E-state index >= 15 is 0 Å². The van der Waals surface area contributed by atoms with Gasteiger partial charge in [-0.05, 0) is 53.5 Å². The third-order valence-electron chi connectivity index (χ3n) is 6.72. The van der Waals surface area contributed by atoms with Crippen LogP contribution in [0.1, 0.15) is 17.5 Å². The number of nitrogens with zero attached hydrogens (tertiary/aromatic N) is 4. The summed E-state index contributed by atoms with van der Waals surface area (Å²) in [6.45, 7) is 5.41. The van der Waals surface area contributed by atoms with Gasteiger partial charge in [0.2, 0.25) is 5.91 Å². The molecule has 1 amide bonds. The van der Waals surface area contributed by atoms with Gasteiger partial charge in [0.05, 0.1) is 19.0 Å². The first-order chi connectivity index (χ1) is 18.0. The summed E-state index contributed by atoms with van der Waals surface area (Å²) in [4.78, 5) is 18.5. The number of halogens is 1. The quantitative estimate of drug-likeness (QED) is 0.356. The Morgan fingerprint density at radius 3 is 2.78 bits per heavy atom. The number of nitrogens with one attached hydrogen (secondary N) is 1. The van der Waals surface area contributed by atoms with Crippen LogP contribution in [-0.4, -0.2) is 51.8 Å². The average Bonchev–Trinajstić information content (AvgIpc) is 3.53. The number of aromatic nitrogens is 3. The van der Waals surface area contributed by atoms with Gasteiger partial charge >= 0.3 is 0 Å². The van der Waals surface area contributed by atoms with E-state index in [4.69, 9.17) is 15.6 Å². The Labute approximate surface area is 214 Å². The first-order valence-corrected chi connectivity index (χ1v) is 12.2. The summed E-state index contributed by atoms with van der Waals surface area (Å²) in [6.07, 6.45) is 3.83. The Balaban J connectivity index is 1.57. The third kappa shape index (κ3) is 4.90. The van der Waals surface area contributed by atoms with Crippen molar-refractivity contribution in [2.24, 2.45) is 5.73 Å². The lowest BCUT2D eigenvalue weighted by Gasteiger charge is -2.15. The highest BCUT2D eigenvalue weighted by Gasteiger charge is 2.27. The number of rotatable bonds is 8. The zero-order valence-corrected chi connectivity index (χ0v) is 20.7. The maximum atomic E-state index is 14.7. The van der Waals surface area contributed by atoms with Crippen molar-refractivity contribution < 1.29 is 13.9 Å². The van der Waals surface area contributed by atoms with Gasteiger partial charge in [-0.25, -0.2) is 14.1 Å². The largest absolute Gasteiger partial charge is 0.497 e. The minimum atomic E-state index is -0.348. The summed E-state index contributed by atoms with van der Waals surface area (Å²) in [6, 6.07) is 14.7. The molecule has 0 saturated carbocycles. The molecule has 9 heteroatoms. The van der Waals surface area contributed by atoms with Crippen LogP contribution >= 0.6 is 0 Å². The Hall–Kier alpha value is -4.24. The number of methoxy groups -OCH3 is 1. The molecule has 8 nitrogen and oxygen atoms in total. The first-order valence-electron chi connectivity index (χ1n) is 12.2. The number of benzene rings is 2. The van der Waals surface area contributed by atoms with Crippen LogP contribution in [0.4, 0.5) is 10.2 Å². The minimum Gasteiger partial charge on any atom is -0.497 e. The highest BCUT2D eigenvalue weighted by atomic mass is 19.1. The lowest BCUT2D eigenvalue weighted by Crippen LogP contribution is -2.30. The molecule has 2 aromatic carbocycles. The number of carbonyl (C=O) groups is 1. The lowest BCUT2D eigenvalue weighted by atomic mass is 10.0. The summed E-state index contributed by atoms with van der Waals surface area (Å²) in [5.74, 6) is 0.990. The molecular weight excluding hydrogens is 471 g/mol. The first kappa shape index (κ1) is 24.5. The van der Waals surface area contributed by atoms with E-state index < -0.39 is 0 Å². The average molecular weight is 501 g/mol. The van der Waals surface area contributed by atoms with E-state index in [1.54, 1.807) is 24.3 Å². The van der Waals surface area contributed by atoms with E-state index in [2.05, 4.69) is 16.9 Å². The van der Waals surface area contributed by atoms with Crippen LogP contribution in [0.15, 0.2) is 67.4 Å². The monoisotopic (exact) mass is 500 g/mol. The predicted octanol–water partition coefficient (Wildman–Crippen LogP) is 3.95. The van der Waals surface area contributed by atoms with Gasteiger partial charge in [0.25, 0.3) is 0 Å². The van der Waals surface area contributed by atoms with E-state index in [0.29, 0.717) is 42.2 Å². The number of anilines is 1. The fourth-order valence-corrected chi connectivity index (χ4v) is 4.73. The zero-order chi connectivity index (χ0) is 25.9. The van der Waals surface area contributed by atoms with Crippen LogP contribution in [-0.2, 0) is 17.9 Å². The Morgan fingerprint density at radius 1 is 1.27 bits per heavy atom. The molecule has 3 heterocycles. The molecule has 37 heavy (non-hydrogen) atoms. The maximum Gasteiger partial charge on any atom is 0.246 e. The molecule has 5 rings (SSSR count). The number of fused-ring (bicyclic) bond motifs is 1. The topological polar surface area (TPSA) is 98.3 Å². The normalized spacial score (nSPS) is 15.2. The molecule has 1 atom stereocenters. The predicted molar refractivity (Wildman–Crippen MR) is 142 cm³/mol. The second-order valence-electron chi connectivity index (χ2n) is 9.04. The number of ether oxygens (including phenoxy) is 1. The van der Waals surface area contributed by atoms with Crippen molar-refractivity contribution in [3.8, 4) is 16.9 Å². The summed E-state index contributed by atoms with van der Waals surface area (Å²) >= 11 is 0. The van der Waals surface area contributed by atoms with E-state index in [9.17, 15) is 9.18 Å². The van der Waals surface area contributed by atoms with Gasteiger partial charge in [-0.3, -0.25) is 4.79 Å². The molecular formula is C28H29FN6O2. The van der Waals surface area contributed by atoms with Crippen molar-refractivity contribution in [2.75, 3.05) is 25.5 Å². The standard InChI is InChI=1S/C28H29FN6O2/c1-3-25(36)34-13-11-21(17-34)32-27-26-23(19-6-7-20(15-30)24(29)14-19)10-12-31-28(26)35(33-27)16-18-4-8-22(37-2)9-5-18/h3-10,12,14,21H,1,11,13,15-17,30H2,2H3,(H,32,33). The molecule has 3 N–H and O–H groups in total. The van der Waals surface area contributed by atoms with Gasteiger partial charge in [0.1, 0.15) is 11.6 Å². The number of likely N-dealkylation sites (tertiary alicyclic amines) is 1. The molecule has 1 aliphatic rings. The van der Waals surface area contributed by atoms with Crippen LogP contribution in [0.2, 0.25) is 0 Å². The SMILES string of the molecule is C=CC(=O)N1CCC(Nc2nn(Cc3ccc(OC)cc3)c3nccc(-c4ccc(CN)c(F)c4)c23)C1. The molecule has 0 bridgehead atoms. The number of hydrogen-bond donors (Lipinski definition) is 2. The summed E-state index contributed by atoms with van der Waals surface area (Å²) < 4.78 is 21.8. The number of pyridine rings is 1. The molecule has 4 aromatic rings. The van der Waals surface area contributed by atoms with Crippen LogP contribution in [0.3, 0.4) is 0 Å². The molecule has 0 aliphatic carbocycles. The zero-order valence-electron chi connectivity index (χ0n) is 20.7. The van der Waals surface area contributed by atoms with Crippen molar-refractivity contribution in [1.82, 2.24) is 19.7 Å². The van der Waals surface area contributed by atoms with Gasteiger partial charge in [0, 0.05) is 37.4 Å². The molecule has 0 radical (unpaired) electrons. The number of carbonyl (C=O) groups excluding carboxylic acids is 1. The van der Waals surface area contributed by atoms with Gasteiger partial charge in [-0.2, -0.15) is 5.10 Å². The highest BCUT2D eigenvalue weighted by molar-refractivity contribution is 6.01. The number of amides is 1. The summed E-state index contributed by atoms with van der Waals surface area (Å²) in [7, 11) is 1.63. The molecule has 0 spiro atoms. The molecule has 1 unspecified atom stereocenters. The second-order valence-corrected chi connectivity index (χ2v) is 9.04. The van der Waals surface area contributed by atoms with E-state index in [1.807, 2.05) is 41.1 Å². The van der Waals surface area contributed by atoms with E-state index in [1.165, 1.54) is 12.1 Å². The fourth-order valence-electron chi connectivity index (χ4n) is 4.73.